The summed E-state index contributed by atoms with van der Waals surface area (Å²) in [4.78, 5) is 10.3. The number of nitrogens with two attached hydrogens (primary N) is 1. The first-order valence-corrected chi connectivity index (χ1v) is 4.50. The highest BCUT2D eigenvalue weighted by atomic mass is 16.2. The van der Waals surface area contributed by atoms with Crippen molar-refractivity contribution in [3.63, 3.8) is 0 Å². The van der Waals surface area contributed by atoms with E-state index < -0.39 is 6.03 Å². The average molecular weight is 203 g/mol. The van der Waals surface area contributed by atoms with Gasteiger partial charge in [0.25, 0.3) is 0 Å². The second kappa shape index (κ2) is 5.59. The van der Waals surface area contributed by atoms with Crippen LogP contribution < -0.4 is 11.2 Å². The Morgan fingerprint density at radius 3 is 2.67 bits per heavy atom. The highest BCUT2D eigenvalue weighted by Gasteiger charge is 1.88. The molecule has 1 aromatic carbocycles. The smallest absolute Gasteiger partial charge is 0.332 e. The zero-order valence-corrected chi connectivity index (χ0v) is 8.47. The van der Waals surface area contributed by atoms with Gasteiger partial charge in [0.1, 0.15) is 0 Å². The van der Waals surface area contributed by atoms with Crippen molar-refractivity contribution in [3.8, 4) is 0 Å². The standard InChI is InChI=1S/C11H13N3O/c1-9(8-13-14-11(12)15)7-10-5-3-2-4-6-10/h2-8H,1H3,(H3,12,14,15). The Hall–Kier alpha value is -2.10. The lowest BCUT2D eigenvalue weighted by atomic mass is 10.1. The van der Waals surface area contributed by atoms with E-state index in [2.05, 4.69) is 10.5 Å². The maximum atomic E-state index is 10.3. The van der Waals surface area contributed by atoms with Gasteiger partial charge in [-0.05, 0) is 18.1 Å². The summed E-state index contributed by atoms with van der Waals surface area (Å²) < 4.78 is 0. The fourth-order valence-electron chi connectivity index (χ4n) is 1.05. The lowest BCUT2D eigenvalue weighted by Crippen LogP contribution is -2.24. The van der Waals surface area contributed by atoms with Crippen LogP contribution in [0.15, 0.2) is 41.0 Å². The summed E-state index contributed by atoms with van der Waals surface area (Å²) >= 11 is 0. The summed E-state index contributed by atoms with van der Waals surface area (Å²) in [5.41, 5.74) is 8.99. The Morgan fingerprint density at radius 1 is 1.40 bits per heavy atom. The SMILES string of the molecule is CC(C=NNC(N)=O)=Cc1ccccc1. The Bertz CT molecular complexity index is 382. The number of carbonyl (C=O) groups excluding carboxylic acids is 1. The number of urea groups is 1. The van der Waals surface area contributed by atoms with Crippen molar-refractivity contribution in [1.29, 1.82) is 0 Å². The van der Waals surface area contributed by atoms with Gasteiger partial charge in [0, 0.05) is 0 Å². The molecule has 0 aliphatic heterocycles. The maximum absolute atomic E-state index is 10.3. The van der Waals surface area contributed by atoms with Gasteiger partial charge in [0.05, 0.1) is 6.21 Å². The summed E-state index contributed by atoms with van der Waals surface area (Å²) in [6.45, 7) is 1.89. The van der Waals surface area contributed by atoms with Crippen molar-refractivity contribution in [2.75, 3.05) is 0 Å². The van der Waals surface area contributed by atoms with Gasteiger partial charge in [0.2, 0.25) is 0 Å². The first-order chi connectivity index (χ1) is 7.18. The van der Waals surface area contributed by atoms with Crippen molar-refractivity contribution in [2.45, 2.75) is 6.92 Å². The molecular formula is C11H13N3O. The largest absolute Gasteiger partial charge is 0.350 e. The molecular weight excluding hydrogens is 190 g/mol. The fourth-order valence-corrected chi connectivity index (χ4v) is 1.05. The molecule has 15 heavy (non-hydrogen) atoms. The van der Waals surface area contributed by atoms with Crippen molar-refractivity contribution in [3.05, 3.63) is 41.5 Å². The molecule has 0 bridgehead atoms. The van der Waals surface area contributed by atoms with Crippen LogP contribution in [-0.4, -0.2) is 12.2 Å². The van der Waals surface area contributed by atoms with Gasteiger partial charge in [-0.2, -0.15) is 5.10 Å². The van der Waals surface area contributed by atoms with E-state index in [1.165, 1.54) is 6.21 Å². The Morgan fingerprint density at radius 2 is 2.07 bits per heavy atom. The third-order valence-corrected chi connectivity index (χ3v) is 1.64. The minimum absolute atomic E-state index is 0.668. The van der Waals surface area contributed by atoms with Crippen LogP contribution in [0.2, 0.25) is 0 Å². The van der Waals surface area contributed by atoms with E-state index in [0.29, 0.717) is 0 Å². The number of allylic oxidation sites excluding steroid dienone is 1. The number of hydrogen-bond donors (Lipinski definition) is 2. The van der Waals surface area contributed by atoms with E-state index in [1.807, 2.05) is 43.3 Å². The van der Waals surface area contributed by atoms with Gasteiger partial charge in [0.15, 0.2) is 0 Å². The van der Waals surface area contributed by atoms with Crippen LogP contribution in [0.5, 0.6) is 0 Å². The molecule has 4 nitrogen and oxygen atoms in total. The molecule has 0 saturated carbocycles. The molecule has 4 heteroatoms. The Labute approximate surface area is 88.5 Å². The normalized spacial score (nSPS) is 11.7. The topological polar surface area (TPSA) is 67.5 Å². The number of nitrogens with zero attached hydrogens (tertiary/aromatic N) is 1. The number of hydrazone groups is 1. The van der Waals surface area contributed by atoms with E-state index >= 15 is 0 Å². The van der Waals surface area contributed by atoms with E-state index in [-0.39, 0.29) is 0 Å². The molecule has 0 heterocycles. The minimum Gasteiger partial charge on any atom is -0.350 e. The average Bonchev–Trinajstić information content (AvgIpc) is 2.18. The zero-order valence-electron chi connectivity index (χ0n) is 8.47. The predicted octanol–water partition coefficient (Wildman–Crippen LogP) is 1.74. The molecule has 0 saturated heterocycles. The van der Waals surface area contributed by atoms with Crippen LogP contribution in [0.4, 0.5) is 4.79 Å². The molecule has 0 atom stereocenters. The van der Waals surface area contributed by atoms with Gasteiger partial charge in [-0.3, -0.25) is 0 Å². The van der Waals surface area contributed by atoms with Gasteiger partial charge in [-0.15, -0.1) is 0 Å². The van der Waals surface area contributed by atoms with Gasteiger partial charge < -0.3 is 5.73 Å². The molecule has 2 amide bonds. The van der Waals surface area contributed by atoms with Crippen LogP contribution in [0.3, 0.4) is 0 Å². The number of benzene rings is 1. The van der Waals surface area contributed by atoms with Gasteiger partial charge >= 0.3 is 6.03 Å². The number of carbonyl (C=O) groups is 1. The zero-order chi connectivity index (χ0) is 11.1. The van der Waals surface area contributed by atoms with E-state index in [1.54, 1.807) is 0 Å². The van der Waals surface area contributed by atoms with E-state index in [4.69, 9.17) is 5.73 Å². The van der Waals surface area contributed by atoms with Gasteiger partial charge in [-0.25, -0.2) is 10.2 Å². The number of hydrogen-bond acceptors (Lipinski definition) is 2. The highest BCUT2D eigenvalue weighted by Crippen LogP contribution is 2.04. The first kappa shape index (κ1) is 11.0. The molecule has 1 aromatic rings. The Balaban J connectivity index is 2.61. The number of rotatable bonds is 3. The monoisotopic (exact) mass is 203 g/mol. The fraction of sp³-hybridized carbons (Fsp3) is 0.0909. The number of amides is 2. The van der Waals surface area contributed by atoms with Crippen molar-refractivity contribution in [2.24, 2.45) is 10.8 Å². The van der Waals surface area contributed by atoms with E-state index in [9.17, 15) is 4.79 Å². The summed E-state index contributed by atoms with van der Waals surface area (Å²) in [6.07, 6.45) is 3.49. The highest BCUT2D eigenvalue weighted by molar-refractivity contribution is 5.85. The van der Waals surface area contributed by atoms with Crippen molar-refractivity contribution >= 4 is 18.3 Å². The summed E-state index contributed by atoms with van der Waals surface area (Å²) in [5.74, 6) is 0. The Kier molecular flexibility index (Phi) is 4.09. The number of primary amides is 1. The molecule has 0 fully saturated rings. The van der Waals surface area contributed by atoms with Crippen LogP contribution >= 0.6 is 0 Å². The molecule has 3 N–H and O–H groups in total. The summed E-state index contributed by atoms with van der Waals surface area (Å²) in [6, 6.07) is 9.17. The van der Waals surface area contributed by atoms with Crippen molar-refractivity contribution < 1.29 is 4.79 Å². The summed E-state index contributed by atoms with van der Waals surface area (Å²) in [7, 11) is 0. The molecule has 78 valence electrons. The molecule has 0 radical (unpaired) electrons. The first-order valence-electron chi connectivity index (χ1n) is 4.50. The quantitative estimate of drug-likeness (QED) is 0.570. The molecule has 0 aliphatic rings. The summed E-state index contributed by atoms with van der Waals surface area (Å²) in [5, 5.41) is 3.65. The predicted molar refractivity (Wildman–Crippen MR) is 61.3 cm³/mol. The van der Waals surface area contributed by atoms with Crippen LogP contribution in [0.1, 0.15) is 12.5 Å². The lowest BCUT2D eigenvalue weighted by molar-refractivity contribution is 0.249. The molecule has 0 aliphatic carbocycles. The second-order valence-corrected chi connectivity index (χ2v) is 3.03. The van der Waals surface area contributed by atoms with Crippen LogP contribution in [0.25, 0.3) is 6.08 Å². The molecule has 0 unspecified atom stereocenters. The van der Waals surface area contributed by atoms with Crippen LogP contribution in [-0.2, 0) is 0 Å². The van der Waals surface area contributed by atoms with E-state index in [0.717, 1.165) is 11.1 Å². The lowest BCUT2D eigenvalue weighted by Gasteiger charge is -1.94. The third-order valence-electron chi connectivity index (χ3n) is 1.64. The number of nitrogens with one attached hydrogen (secondary N) is 1. The van der Waals surface area contributed by atoms with Crippen LogP contribution in [0, 0.1) is 0 Å². The van der Waals surface area contributed by atoms with Gasteiger partial charge in [-0.1, -0.05) is 36.4 Å². The molecule has 0 spiro atoms. The second-order valence-electron chi connectivity index (χ2n) is 3.03. The maximum Gasteiger partial charge on any atom is 0.332 e. The molecule has 0 aromatic heterocycles. The van der Waals surface area contributed by atoms with Crippen molar-refractivity contribution in [1.82, 2.24) is 5.43 Å². The third kappa shape index (κ3) is 4.61. The minimum atomic E-state index is -0.668. The molecule has 1 rings (SSSR count).